The van der Waals surface area contributed by atoms with Gasteiger partial charge in [0.1, 0.15) is 5.75 Å². The van der Waals surface area contributed by atoms with Crippen LogP contribution >= 0.6 is 0 Å². The maximum absolute atomic E-state index is 6.03. The number of nitrogens with two attached hydrogens (primary N) is 1. The summed E-state index contributed by atoms with van der Waals surface area (Å²) < 4.78 is 10.9. The Hall–Kier alpha value is -1.10. The lowest BCUT2D eigenvalue weighted by atomic mass is 9.87. The number of benzene rings is 1. The van der Waals surface area contributed by atoms with Crippen LogP contribution in [0.3, 0.4) is 0 Å². The van der Waals surface area contributed by atoms with E-state index >= 15 is 0 Å². The molecular formula is C14H22N2O2. The number of nitrogens with zero attached hydrogens (tertiary/aromatic N) is 1. The third-order valence-electron chi connectivity index (χ3n) is 3.91. The second-order valence-corrected chi connectivity index (χ2v) is 4.89. The molecule has 4 heteroatoms. The monoisotopic (exact) mass is 250 g/mol. The number of morpholine rings is 1. The second-order valence-electron chi connectivity index (χ2n) is 4.89. The predicted octanol–water partition coefficient (Wildman–Crippen LogP) is 1.12. The molecule has 0 saturated carbocycles. The minimum absolute atomic E-state index is 0.213. The molecule has 100 valence electrons. The summed E-state index contributed by atoms with van der Waals surface area (Å²) in [6.07, 6.45) is 0. The molecule has 0 aromatic heterocycles. The van der Waals surface area contributed by atoms with E-state index in [4.69, 9.17) is 15.2 Å². The summed E-state index contributed by atoms with van der Waals surface area (Å²) in [5.74, 6) is 0.908. The van der Waals surface area contributed by atoms with E-state index in [1.807, 2.05) is 6.07 Å². The second kappa shape index (κ2) is 5.26. The van der Waals surface area contributed by atoms with E-state index < -0.39 is 0 Å². The first-order chi connectivity index (χ1) is 8.64. The van der Waals surface area contributed by atoms with Crippen molar-refractivity contribution in [1.82, 2.24) is 4.90 Å². The van der Waals surface area contributed by atoms with Crippen LogP contribution in [0.5, 0.6) is 5.75 Å². The van der Waals surface area contributed by atoms with Crippen molar-refractivity contribution >= 4 is 0 Å². The van der Waals surface area contributed by atoms with Gasteiger partial charge in [-0.2, -0.15) is 0 Å². The van der Waals surface area contributed by atoms with E-state index in [1.165, 1.54) is 5.56 Å². The topological polar surface area (TPSA) is 47.7 Å². The highest BCUT2D eigenvalue weighted by molar-refractivity contribution is 5.39. The van der Waals surface area contributed by atoms with Crippen LogP contribution in [0.1, 0.15) is 11.1 Å². The maximum atomic E-state index is 6.03. The number of aryl methyl sites for hydroxylation is 1. The van der Waals surface area contributed by atoms with Crippen LogP contribution in [0.15, 0.2) is 18.2 Å². The molecule has 1 aliphatic rings. The van der Waals surface area contributed by atoms with Gasteiger partial charge >= 0.3 is 0 Å². The summed E-state index contributed by atoms with van der Waals surface area (Å²) in [5.41, 5.74) is 8.14. The van der Waals surface area contributed by atoms with Crippen molar-refractivity contribution in [3.8, 4) is 5.75 Å². The van der Waals surface area contributed by atoms with E-state index in [-0.39, 0.29) is 5.54 Å². The normalized spacial score (nSPS) is 25.1. The summed E-state index contributed by atoms with van der Waals surface area (Å²) >= 11 is 0. The first-order valence-electron chi connectivity index (χ1n) is 6.28. The van der Waals surface area contributed by atoms with Gasteiger partial charge < -0.3 is 15.2 Å². The number of hydrogen-bond acceptors (Lipinski definition) is 4. The van der Waals surface area contributed by atoms with Crippen molar-refractivity contribution in [2.24, 2.45) is 5.73 Å². The summed E-state index contributed by atoms with van der Waals surface area (Å²) in [7, 11) is 3.80. The molecule has 1 aromatic carbocycles. The first-order valence-corrected chi connectivity index (χ1v) is 6.28. The van der Waals surface area contributed by atoms with Crippen LogP contribution in [-0.4, -0.2) is 45.4 Å². The lowest BCUT2D eigenvalue weighted by Gasteiger charge is -2.44. The highest BCUT2D eigenvalue weighted by Crippen LogP contribution is 2.32. The first kappa shape index (κ1) is 13.3. The van der Waals surface area contributed by atoms with Gasteiger partial charge in [0.15, 0.2) is 0 Å². The Balaban J connectivity index is 2.40. The average Bonchev–Trinajstić information content (AvgIpc) is 2.39. The minimum Gasteiger partial charge on any atom is -0.496 e. The van der Waals surface area contributed by atoms with Gasteiger partial charge in [-0.1, -0.05) is 12.1 Å². The number of methoxy groups -OCH3 is 1. The number of hydrogen-bond donors (Lipinski definition) is 1. The lowest BCUT2D eigenvalue weighted by molar-refractivity contribution is -0.0549. The zero-order valence-electron chi connectivity index (χ0n) is 11.4. The molecule has 1 saturated heterocycles. The Labute approximate surface area is 109 Å². The van der Waals surface area contributed by atoms with Crippen LogP contribution < -0.4 is 10.5 Å². The van der Waals surface area contributed by atoms with Gasteiger partial charge in [-0.05, 0) is 31.2 Å². The number of likely N-dealkylation sites (N-methyl/N-ethyl adjacent to an activating group) is 1. The molecular weight excluding hydrogens is 228 g/mol. The largest absolute Gasteiger partial charge is 0.496 e. The molecule has 2 N–H and O–H groups in total. The van der Waals surface area contributed by atoms with Crippen molar-refractivity contribution in [3.63, 3.8) is 0 Å². The Bertz CT molecular complexity index is 422. The molecule has 4 nitrogen and oxygen atoms in total. The van der Waals surface area contributed by atoms with Crippen molar-refractivity contribution in [2.45, 2.75) is 12.5 Å². The van der Waals surface area contributed by atoms with Crippen molar-refractivity contribution in [1.29, 1.82) is 0 Å². The van der Waals surface area contributed by atoms with Crippen molar-refractivity contribution < 1.29 is 9.47 Å². The molecule has 0 amide bonds. The molecule has 1 aliphatic heterocycles. The fourth-order valence-electron chi connectivity index (χ4n) is 2.57. The lowest BCUT2D eigenvalue weighted by Crippen LogP contribution is -2.56. The maximum Gasteiger partial charge on any atom is 0.121 e. The molecule has 1 atom stereocenters. The molecule has 18 heavy (non-hydrogen) atoms. The summed E-state index contributed by atoms with van der Waals surface area (Å²) in [6.45, 7) is 4.92. The van der Waals surface area contributed by atoms with Crippen LogP contribution in [0.25, 0.3) is 0 Å². The molecule has 1 heterocycles. The molecule has 1 fully saturated rings. The Morgan fingerprint density at radius 2 is 2.28 bits per heavy atom. The highest BCUT2D eigenvalue weighted by atomic mass is 16.5. The van der Waals surface area contributed by atoms with Crippen molar-refractivity contribution in [3.05, 3.63) is 29.3 Å². The van der Waals surface area contributed by atoms with Crippen LogP contribution in [0, 0.1) is 6.92 Å². The minimum atomic E-state index is -0.213. The quantitative estimate of drug-likeness (QED) is 0.873. The van der Waals surface area contributed by atoms with E-state index in [2.05, 4.69) is 31.0 Å². The predicted molar refractivity (Wildman–Crippen MR) is 71.9 cm³/mol. The van der Waals surface area contributed by atoms with E-state index in [1.54, 1.807) is 7.11 Å². The van der Waals surface area contributed by atoms with Crippen molar-refractivity contribution in [2.75, 3.05) is 40.5 Å². The Morgan fingerprint density at radius 1 is 1.50 bits per heavy atom. The van der Waals surface area contributed by atoms with E-state index in [0.717, 1.165) is 24.5 Å². The van der Waals surface area contributed by atoms with Gasteiger partial charge in [0.05, 0.1) is 25.9 Å². The summed E-state index contributed by atoms with van der Waals surface area (Å²) in [6, 6.07) is 6.24. The van der Waals surface area contributed by atoms with Crippen LogP contribution in [-0.2, 0) is 10.3 Å². The van der Waals surface area contributed by atoms with Gasteiger partial charge in [0.25, 0.3) is 0 Å². The fourth-order valence-corrected chi connectivity index (χ4v) is 2.57. The number of ether oxygens (including phenoxy) is 2. The summed E-state index contributed by atoms with van der Waals surface area (Å²) in [5, 5.41) is 0. The molecule has 0 bridgehead atoms. The van der Waals surface area contributed by atoms with Gasteiger partial charge in [-0.15, -0.1) is 0 Å². The molecule has 0 aliphatic carbocycles. The Morgan fingerprint density at radius 3 is 2.83 bits per heavy atom. The third kappa shape index (κ3) is 2.11. The molecule has 2 rings (SSSR count). The van der Waals surface area contributed by atoms with Gasteiger partial charge in [0, 0.05) is 13.1 Å². The molecule has 1 aromatic rings. The standard InChI is InChI=1S/C14H22N2O2/c1-11-8-12(4-5-13(11)17-3)14(9-15)10-18-7-6-16(14)2/h4-5,8H,6-7,9-10,15H2,1-3H3. The zero-order chi connectivity index (χ0) is 13.2. The van der Waals surface area contributed by atoms with E-state index in [0.29, 0.717) is 13.2 Å². The fraction of sp³-hybridized carbons (Fsp3) is 0.571. The van der Waals surface area contributed by atoms with Gasteiger partial charge in [-0.3, -0.25) is 4.90 Å². The zero-order valence-corrected chi connectivity index (χ0v) is 11.4. The smallest absolute Gasteiger partial charge is 0.121 e. The SMILES string of the molecule is COc1ccc(C2(CN)COCCN2C)cc1C. The molecule has 0 radical (unpaired) electrons. The molecule has 0 spiro atoms. The third-order valence-corrected chi connectivity index (χ3v) is 3.91. The van der Waals surface area contributed by atoms with Crippen LogP contribution in [0.2, 0.25) is 0 Å². The highest BCUT2D eigenvalue weighted by Gasteiger charge is 2.38. The Kier molecular flexibility index (Phi) is 3.90. The summed E-state index contributed by atoms with van der Waals surface area (Å²) in [4.78, 5) is 2.29. The van der Waals surface area contributed by atoms with Gasteiger partial charge in [-0.25, -0.2) is 0 Å². The molecule has 1 unspecified atom stereocenters. The average molecular weight is 250 g/mol. The number of rotatable bonds is 3. The van der Waals surface area contributed by atoms with Gasteiger partial charge in [0.2, 0.25) is 0 Å². The van der Waals surface area contributed by atoms with Crippen LogP contribution in [0.4, 0.5) is 0 Å². The van der Waals surface area contributed by atoms with E-state index in [9.17, 15) is 0 Å².